The molecule has 0 unspecified atom stereocenters. The summed E-state index contributed by atoms with van der Waals surface area (Å²) in [6.45, 7) is 5.90. The number of hydrogen-bond acceptors (Lipinski definition) is 5. The number of ether oxygens (including phenoxy) is 2. The van der Waals surface area contributed by atoms with Crippen molar-refractivity contribution in [2.24, 2.45) is 0 Å². The molecule has 0 atom stereocenters. The summed E-state index contributed by atoms with van der Waals surface area (Å²) in [5.74, 6) is 0.381. The molecule has 0 aliphatic carbocycles. The number of carbonyl (C=O) groups is 1. The number of oxazole rings is 1. The second-order valence-corrected chi connectivity index (χ2v) is 7.79. The summed E-state index contributed by atoms with van der Waals surface area (Å²) in [7, 11) is 0. The van der Waals surface area contributed by atoms with Crippen LogP contribution in [0.25, 0.3) is 11.1 Å². The molecule has 0 radical (unpaired) electrons. The van der Waals surface area contributed by atoms with Gasteiger partial charge in [-0.25, -0.2) is 4.98 Å². The SMILES string of the molecule is CC(C)(C)OC(=O)Cc1ccccc1OCc1cc(Br)c2ncoc2c1. The molecule has 6 heteroatoms. The molecule has 2 aromatic carbocycles. The fourth-order valence-electron chi connectivity index (χ4n) is 2.55. The monoisotopic (exact) mass is 417 g/mol. The van der Waals surface area contributed by atoms with Crippen LogP contribution in [0.1, 0.15) is 31.9 Å². The van der Waals surface area contributed by atoms with Gasteiger partial charge in [0.15, 0.2) is 12.0 Å². The lowest BCUT2D eigenvalue weighted by atomic mass is 10.1. The highest BCUT2D eigenvalue weighted by atomic mass is 79.9. The van der Waals surface area contributed by atoms with Gasteiger partial charge in [-0.15, -0.1) is 0 Å². The van der Waals surface area contributed by atoms with Gasteiger partial charge >= 0.3 is 5.97 Å². The van der Waals surface area contributed by atoms with Crippen molar-refractivity contribution in [3.63, 3.8) is 0 Å². The van der Waals surface area contributed by atoms with Gasteiger partial charge in [0.25, 0.3) is 0 Å². The second-order valence-electron chi connectivity index (χ2n) is 6.94. The van der Waals surface area contributed by atoms with Crippen molar-refractivity contribution in [1.29, 1.82) is 0 Å². The summed E-state index contributed by atoms with van der Waals surface area (Å²) in [5.41, 5.74) is 2.69. The van der Waals surface area contributed by atoms with E-state index >= 15 is 0 Å². The van der Waals surface area contributed by atoms with E-state index in [4.69, 9.17) is 13.9 Å². The minimum Gasteiger partial charge on any atom is -0.489 e. The molecule has 0 bridgehead atoms. The lowest BCUT2D eigenvalue weighted by Gasteiger charge is -2.20. The number of halogens is 1. The number of nitrogens with zero attached hydrogens (tertiary/aromatic N) is 1. The molecule has 0 amide bonds. The van der Waals surface area contributed by atoms with Crippen molar-refractivity contribution in [1.82, 2.24) is 4.98 Å². The van der Waals surface area contributed by atoms with Gasteiger partial charge in [0, 0.05) is 10.0 Å². The van der Waals surface area contributed by atoms with E-state index < -0.39 is 5.60 Å². The molecule has 3 rings (SSSR count). The third-order valence-corrected chi connectivity index (χ3v) is 4.18. The number of para-hydroxylation sites is 1. The van der Waals surface area contributed by atoms with E-state index in [1.807, 2.05) is 57.2 Å². The minimum atomic E-state index is -0.508. The van der Waals surface area contributed by atoms with Crippen molar-refractivity contribution >= 4 is 33.0 Å². The van der Waals surface area contributed by atoms with Crippen LogP contribution in [-0.4, -0.2) is 16.6 Å². The van der Waals surface area contributed by atoms with E-state index in [0.29, 0.717) is 17.9 Å². The fourth-order valence-corrected chi connectivity index (χ4v) is 3.14. The maximum atomic E-state index is 12.1. The normalized spacial score (nSPS) is 11.5. The van der Waals surface area contributed by atoms with Crippen LogP contribution >= 0.6 is 15.9 Å². The van der Waals surface area contributed by atoms with Gasteiger partial charge in [-0.3, -0.25) is 4.79 Å². The zero-order chi connectivity index (χ0) is 18.7. The van der Waals surface area contributed by atoms with Gasteiger partial charge < -0.3 is 13.9 Å². The van der Waals surface area contributed by atoms with Crippen molar-refractivity contribution in [2.75, 3.05) is 0 Å². The highest BCUT2D eigenvalue weighted by Crippen LogP contribution is 2.26. The number of carbonyl (C=O) groups excluding carboxylic acids is 1. The Hall–Kier alpha value is -2.34. The van der Waals surface area contributed by atoms with Crippen LogP contribution in [0.3, 0.4) is 0 Å². The molecule has 5 nitrogen and oxygen atoms in total. The molecule has 0 fully saturated rings. The molecule has 0 aliphatic heterocycles. The van der Waals surface area contributed by atoms with E-state index in [1.54, 1.807) is 0 Å². The van der Waals surface area contributed by atoms with Crippen LogP contribution in [0.4, 0.5) is 0 Å². The predicted octanol–water partition coefficient (Wildman–Crippen LogP) is 5.05. The molecule has 0 N–H and O–H groups in total. The number of hydrogen-bond donors (Lipinski definition) is 0. The van der Waals surface area contributed by atoms with E-state index in [1.165, 1.54) is 6.39 Å². The number of esters is 1. The first-order chi connectivity index (χ1) is 12.3. The van der Waals surface area contributed by atoms with Gasteiger partial charge in [-0.1, -0.05) is 18.2 Å². The fraction of sp³-hybridized carbons (Fsp3) is 0.300. The summed E-state index contributed by atoms with van der Waals surface area (Å²) in [5, 5.41) is 0. The van der Waals surface area contributed by atoms with Crippen LogP contribution in [0, 0.1) is 0 Å². The number of rotatable bonds is 5. The Bertz CT molecular complexity index is 927. The molecule has 26 heavy (non-hydrogen) atoms. The molecule has 3 aromatic rings. The maximum absolute atomic E-state index is 12.1. The van der Waals surface area contributed by atoms with Crippen molar-refractivity contribution in [3.8, 4) is 5.75 Å². The quantitative estimate of drug-likeness (QED) is 0.543. The predicted molar refractivity (Wildman–Crippen MR) is 102 cm³/mol. The second kappa shape index (κ2) is 7.50. The topological polar surface area (TPSA) is 61.6 Å². The molecule has 0 saturated carbocycles. The largest absolute Gasteiger partial charge is 0.489 e. The number of benzene rings is 2. The molecule has 0 spiro atoms. The summed E-state index contributed by atoms with van der Waals surface area (Å²) in [6.07, 6.45) is 1.58. The summed E-state index contributed by atoms with van der Waals surface area (Å²) < 4.78 is 17.5. The molecular formula is C20H20BrNO4. The Morgan fingerprint density at radius 1 is 1.23 bits per heavy atom. The Kier molecular flexibility index (Phi) is 5.32. The number of fused-ring (bicyclic) bond motifs is 1. The summed E-state index contributed by atoms with van der Waals surface area (Å²) in [6, 6.07) is 11.3. The van der Waals surface area contributed by atoms with Crippen molar-refractivity contribution in [3.05, 3.63) is 58.4 Å². The molecular weight excluding hydrogens is 398 g/mol. The molecule has 1 heterocycles. The Morgan fingerprint density at radius 2 is 2.00 bits per heavy atom. The van der Waals surface area contributed by atoms with Crippen LogP contribution in [0.2, 0.25) is 0 Å². The van der Waals surface area contributed by atoms with Crippen LogP contribution in [-0.2, 0) is 22.6 Å². The highest BCUT2D eigenvalue weighted by molar-refractivity contribution is 9.10. The molecule has 1 aromatic heterocycles. The zero-order valence-electron chi connectivity index (χ0n) is 14.9. The van der Waals surface area contributed by atoms with E-state index in [-0.39, 0.29) is 12.4 Å². The van der Waals surface area contributed by atoms with Gasteiger partial charge in [0.1, 0.15) is 23.5 Å². The average molecular weight is 418 g/mol. The van der Waals surface area contributed by atoms with Gasteiger partial charge in [-0.05, 0) is 60.5 Å². The average Bonchev–Trinajstić information content (AvgIpc) is 3.01. The minimum absolute atomic E-state index is 0.165. The standard InChI is InChI=1S/C20H20BrNO4/c1-20(2,3)26-18(23)10-14-6-4-5-7-16(14)24-11-13-8-15(21)19-17(9-13)25-12-22-19/h4-9,12H,10-11H2,1-3H3. The molecule has 0 aliphatic rings. The van der Waals surface area contributed by atoms with Gasteiger partial charge in [0.05, 0.1) is 6.42 Å². The Balaban J connectivity index is 1.72. The summed E-state index contributed by atoms with van der Waals surface area (Å²) in [4.78, 5) is 16.3. The first kappa shape index (κ1) is 18.5. The van der Waals surface area contributed by atoms with E-state index in [0.717, 1.165) is 21.1 Å². The third kappa shape index (κ3) is 4.64. The zero-order valence-corrected chi connectivity index (χ0v) is 16.5. The van der Waals surface area contributed by atoms with E-state index in [2.05, 4.69) is 20.9 Å². The first-order valence-electron chi connectivity index (χ1n) is 8.26. The lowest BCUT2D eigenvalue weighted by Crippen LogP contribution is -2.25. The maximum Gasteiger partial charge on any atom is 0.310 e. The Morgan fingerprint density at radius 3 is 2.77 bits per heavy atom. The van der Waals surface area contributed by atoms with Gasteiger partial charge in [0.2, 0.25) is 0 Å². The van der Waals surface area contributed by atoms with Crippen LogP contribution in [0.5, 0.6) is 5.75 Å². The lowest BCUT2D eigenvalue weighted by molar-refractivity contribution is -0.153. The van der Waals surface area contributed by atoms with Crippen LogP contribution < -0.4 is 4.74 Å². The smallest absolute Gasteiger partial charge is 0.310 e. The third-order valence-electron chi connectivity index (χ3n) is 3.57. The van der Waals surface area contributed by atoms with Crippen molar-refractivity contribution in [2.45, 2.75) is 39.4 Å². The van der Waals surface area contributed by atoms with Gasteiger partial charge in [-0.2, -0.15) is 0 Å². The molecule has 136 valence electrons. The van der Waals surface area contributed by atoms with Crippen molar-refractivity contribution < 1.29 is 18.7 Å². The Labute approximate surface area is 160 Å². The number of aromatic nitrogens is 1. The van der Waals surface area contributed by atoms with E-state index in [9.17, 15) is 4.79 Å². The summed E-state index contributed by atoms with van der Waals surface area (Å²) >= 11 is 3.49. The highest BCUT2D eigenvalue weighted by Gasteiger charge is 2.18. The molecule has 0 saturated heterocycles. The van der Waals surface area contributed by atoms with Crippen LogP contribution in [0.15, 0.2) is 51.7 Å². The first-order valence-corrected chi connectivity index (χ1v) is 9.05.